The predicted octanol–water partition coefficient (Wildman–Crippen LogP) is 5.37. The third kappa shape index (κ3) is 4.59. The molecule has 0 aliphatic heterocycles. The number of carboxylic acid groups (broad SMARTS) is 1. The molecule has 1 N–H and O–H groups in total. The maximum Gasteiger partial charge on any atom is 0.506 e. The number of hydrogen-bond donors (Lipinski definition) is 1. The highest BCUT2D eigenvalue weighted by molar-refractivity contribution is 5.57. The molecule has 3 nitrogen and oxygen atoms in total. The normalized spacial score (nSPS) is 12.0. The SMILES string of the molecule is Cc1ccc(C(CCCc2ccccc2)OC(=O)O)c(C)c1C. The molecule has 2 rings (SSSR count). The molecule has 0 saturated heterocycles. The van der Waals surface area contributed by atoms with Gasteiger partial charge in [0.1, 0.15) is 6.10 Å². The van der Waals surface area contributed by atoms with Gasteiger partial charge in [0.25, 0.3) is 0 Å². The van der Waals surface area contributed by atoms with Crippen molar-refractivity contribution < 1.29 is 14.6 Å². The zero-order valence-electron chi connectivity index (χ0n) is 14.0. The molecule has 122 valence electrons. The molecular weight excluding hydrogens is 288 g/mol. The number of rotatable bonds is 6. The molecule has 2 aromatic rings. The van der Waals surface area contributed by atoms with Crippen LogP contribution in [0.25, 0.3) is 0 Å². The molecule has 0 spiro atoms. The molecule has 0 amide bonds. The Morgan fingerprint density at radius 1 is 1.04 bits per heavy atom. The molecular formula is C20H24O3. The Bertz CT molecular complexity index is 662. The number of benzene rings is 2. The molecule has 0 heterocycles. The quantitative estimate of drug-likeness (QED) is 0.729. The van der Waals surface area contributed by atoms with Crippen molar-refractivity contribution in [3.8, 4) is 0 Å². The Hall–Kier alpha value is -2.29. The number of aryl methyl sites for hydroxylation is 2. The Labute approximate surface area is 137 Å². The summed E-state index contributed by atoms with van der Waals surface area (Å²) in [5.74, 6) is 0. The fourth-order valence-corrected chi connectivity index (χ4v) is 2.86. The van der Waals surface area contributed by atoms with E-state index in [2.05, 4.69) is 26.0 Å². The van der Waals surface area contributed by atoms with Crippen molar-refractivity contribution in [1.82, 2.24) is 0 Å². The Morgan fingerprint density at radius 3 is 2.39 bits per heavy atom. The van der Waals surface area contributed by atoms with Crippen LogP contribution in [0.3, 0.4) is 0 Å². The summed E-state index contributed by atoms with van der Waals surface area (Å²) in [6.45, 7) is 6.16. The first-order valence-electron chi connectivity index (χ1n) is 7.99. The number of ether oxygens (including phenoxy) is 1. The van der Waals surface area contributed by atoms with Gasteiger partial charge in [0.2, 0.25) is 0 Å². The summed E-state index contributed by atoms with van der Waals surface area (Å²) in [6.07, 6.45) is 0.867. The van der Waals surface area contributed by atoms with E-state index in [0.29, 0.717) is 6.42 Å². The molecule has 23 heavy (non-hydrogen) atoms. The minimum absolute atomic E-state index is 0.407. The highest BCUT2D eigenvalue weighted by Crippen LogP contribution is 2.29. The summed E-state index contributed by atoms with van der Waals surface area (Å²) in [7, 11) is 0. The minimum Gasteiger partial charge on any atom is -0.450 e. The van der Waals surface area contributed by atoms with Crippen LogP contribution >= 0.6 is 0 Å². The van der Waals surface area contributed by atoms with Crippen LogP contribution in [0, 0.1) is 20.8 Å². The van der Waals surface area contributed by atoms with E-state index in [1.165, 1.54) is 16.7 Å². The Kier molecular flexibility index (Phi) is 5.80. The second kappa shape index (κ2) is 7.82. The van der Waals surface area contributed by atoms with Gasteiger partial charge in [0, 0.05) is 0 Å². The summed E-state index contributed by atoms with van der Waals surface area (Å²) >= 11 is 0. The van der Waals surface area contributed by atoms with Gasteiger partial charge in [-0.3, -0.25) is 0 Å². The number of carbonyl (C=O) groups is 1. The van der Waals surface area contributed by atoms with Gasteiger partial charge in [-0.25, -0.2) is 4.79 Å². The van der Waals surface area contributed by atoms with E-state index < -0.39 is 12.3 Å². The molecule has 1 unspecified atom stereocenters. The second-order valence-corrected chi connectivity index (χ2v) is 5.97. The van der Waals surface area contributed by atoms with E-state index in [0.717, 1.165) is 24.0 Å². The summed E-state index contributed by atoms with van der Waals surface area (Å²) in [5, 5.41) is 9.05. The van der Waals surface area contributed by atoms with Crippen LogP contribution in [-0.2, 0) is 11.2 Å². The second-order valence-electron chi connectivity index (χ2n) is 5.97. The Morgan fingerprint density at radius 2 is 1.74 bits per heavy atom. The summed E-state index contributed by atoms with van der Waals surface area (Å²) < 4.78 is 5.17. The van der Waals surface area contributed by atoms with Gasteiger partial charge in [-0.05, 0) is 67.9 Å². The van der Waals surface area contributed by atoms with Crippen molar-refractivity contribution in [2.45, 2.75) is 46.1 Å². The molecule has 2 aromatic carbocycles. The summed E-state index contributed by atoms with van der Waals surface area (Å²) in [6, 6.07) is 14.3. The van der Waals surface area contributed by atoms with Gasteiger partial charge in [-0.15, -0.1) is 0 Å². The molecule has 0 aliphatic carbocycles. The van der Waals surface area contributed by atoms with Gasteiger partial charge in [0.15, 0.2) is 0 Å². The largest absolute Gasteiger partial charge is 0.506 e. The molecule has 1 atom stereocenters. The zero-order valence-corrected chi connectivity index (χ0v) is 14.0. The van der Waals surface area contributed by atoms with Crippen LogP contribution < -0.4 is 0 Å². The average molecular weight is 312 g/mol. The van der Waals surface area contributed by atoms with Crippen LogP contribution in [0.1, 0.15) is 46.8 Å². The third-order valence-corrected chi connectivity index (χ3v) is 4.46. The first-order valence-corrected chi connectivity index (χ1v) is 7.99. The van der Waals surface area contributed by atoms with Gasteiger partial charge >= 0.3 is 6.16 Å². The molecule has 0 fully saturated rings. The van der Waals surface area contributed by atoms with Crippen molar-refractivity contribution in [3.63, 3.8) is 0 Å². The lowest BCUT2D eigenvalue weighted by molar-refractivity contribution is 0.0465. The van der Waals surface area contributed by atoms with E-state index in [4.69, 9.17) is 9.84 Å². The standard InChI is InChI=1S/C20H24O3/c1-14-12-13-18(16(3)15(14)2)19(23-20(21)22)11-7-10-17-8-5-4-6-9-17/h4-6,8-9,12-13,19H,7,10-11H2,1-3H3,(H,21,22). The molecule has 3 heteroatoms. The van der Waals surface area contributed by atoms with E-state index in [9.17, 15) is 4.79 Å². The smallest absolute Gasteiger partial charge is 0.450 e. The van der Waals surface area contributed by atoms with Crippen LogP contribution in [0.15, 0.2) is 42.5 Å². The zero-order chi connectivity index (χ0) is 16.8. The molecule has 0 saturated carbocycles. The van der Waals surface area contributed by atoms with Crippen molar-refractivity contribution in [2.24, 2.45) is 0 Å². The topological polar surface area (TPSA) is 46.5 Å². The molecule has 0 bridgehead atoms. The highest BCUT2D eigenvalue weighted by atomic mass is 16.7. The summed E-state index contributed by atoms with van der Waals surface area (Å²) in [5.41, 5.74) is 5.77. The van der Waals surface area contributed by atoms with E-state index >= 15 is 0 Å². The number of hydrogen-bond acceptors (Lipinski definition) is 2. The lowest BCUT2D eigenvalue weighted by atomic mass is 9.93. The van der Waals surface area contributed by atoms with Crippen molar-refractivity contribution >= 4 is 6.16 Å². The minimum atomic E-state index is -1.22. The first kappa shape index (κ1) is 17.1. The van der Waals surface area contributed by atoms with Gasteiger partial charge < -0.3 is 9.84 Å². The summed E-state index contributed by atoms with van der Waals surface area (Å²) in [4.78, 5) is 11.1. The van der Waals surface area contributed by atoms with Gasteiger partial charge in [0.05, 0.1) is 0 Å². The first-order chi connectivity index (χ1) is 11.0. The fraction of sp³-hybridized carbons (Fsp3) is 0.350. The molecule has 0 aromatic heterocycles. The van der Waals surface area contributed by atoms with Crippen LogP contribution in [-0.4, -0.2) is 11.3 Å². The predicted molar refractivity (Wildman–Crippen MR) is 91.9 cm³/mol. The van der Waals surface area contributed by atoms with Crippen molar-refractivity contribution in [3.05, 3.63) is 70.3 Å². The third-order valence-electron chi connectivity index (χ3n) is 4.46. The van der Waals surface area contributed by atoms with Crippen molar-refractivity contribution in [2.75, 3.05) is 0 Å². The highest BCUT2D eigenvalue weighted by Gasteiger charge is 2.19. The molecule has 0 aliphatic rings. The molecule has 0 radical (unpaired) electrons. The monoisotopic (exact) mass is 312 g/mol. The van der Waals surface area contributed by atoms with Crippen molar-refractivity contribution in [1.29, 1.82) is 0 Å². The average Bonchev–Trinajstić information content (AvgIpc) is 2.53. The Balaban J connectivity index is 2.11. The van der Waals surface area contributed by atoms with Gasteiger partial charge in [-0.2, -0.15) is 0 Å². The van der Waals surface area contributed by atoms with Crippen LogP contribution in [0.4, 0.5) is 4.79 Å². The van der Waals surface area contributed by atoms with Gasteiger partial charge in [-0.1, -0.05) is 42.5 Å². The lowest BCUT2D eigenvalue weighted by Crippen LogP contribution is -2.12. The fourth-order valence-electron chi connectivity index (χ4n) is 2.86. The van der Waals surface area contributed by atoms with Crippen LogP contribution in [0.5, 0.6) is 0 Å². The van der Waals surface area contributed by atoms with Crippen LogP contribution in [0.2, 0.25) is 0 Å². The van der Waals surface area contributed by atoms with E-state index in [1.807, 2.05) is 37.3 Å². The lowest BCUT2D eigenvalue weighted by Gasteiger charge is -2.20. The maximum absolute atomic E-state index is 11.1. The maximum atomic E-state index is 11.1. The van der Waals surface area contributed by atoms with E-state index in [-0.39, 0.29) is 0 Å². The van der Waals surface area contributed by atoms with E-state index in [1.54, 1.807) is 0 Å².